The van der Waals surface area contributed by atoms with Crippen molar-refractivity contribution in [1.82, 2.24) is 5.32 Å². The van der Waals surface area contributed by atoms with Gasteiger partial charge in [0.25, 0.3) is 0 Å². The second-order valence-electron chi connectivity index (χ2n) is 3.93. The highest BCUT2D eigenvalue weighted by molar-refractivity contribution is 5.67. The Bertz CT molecular complexity index is 419. The van der Waals surface area contributed by atoms with E-state index in [2.05, 4.69) is 10.1 Å². The molecule has 1 amide bonds. The Balaban J connectivity index is 1.97. The molecule has 0 spiro atoms. The highest BCUT2D eigenvalue weighted by Crippen LogP contribution is 2.32. The maximum absolute atomic E-state index is 11.0. The van der Waals surface area contributed by atoms with E-state index >= 15 is 0 Å². The van der Waals surface area contributed by atoms with Crippen LogP contribution in [0.15, 0.2) is 18.2 Å². The molecule has 1 unspecified atom stereocenters. The second kappa shape index (κ2) is 4.95. The van der Waals surface area contributed by atoms with Crippen LogP contribution in [0.3, 0.4) is 0 Å². The summed E-state index contributed by atoms with van der Waals surface area (Å²) in [5.41, 5.74) is 1.08. The molecular weight excluding hydrogens is 222 g/mol. The Kier molecular flexibility index (Phi) is 3.37. The Hall–Kier alpha value is -1.91. The van der Waals surface area contributed by atoms with Gasteiger partial charge in [0.1, 0.15) is 0 Å². The largest absolute Gasteiger partial charge is 0.454 e. The summed E-state index contributed by atoms with van der Waals surface area (Å²) in [7, 11) is 1.35. The standard InChI is InChI=1S/C12H15NO4/c1-8(13-12(14)15-2)5-9-3-4-10-11(6-9)17-7-16-10/h3-4,6,8H,5,7H2,1-2H3,(H,13,14). The summed E-state index contributed by atoms with van der Waals surface area (Å²) in [5.74, 6) is 1.52. The number of ether oxygens (including phenoxy) is 3. The number of rotatable bonds is 3. The van der Waals surface area contributed by atoms with E-state index in [-0.39, 0.29) is 12.8 Å². The Labute approximate surface area is 99.7 Å². The lowest BCUT2D eigenvalue weighted by Gasteiger charge is -2.13. The molecule has 1 aliphatic heterocycles. The minimum absolute atomic E-state index is 0.00261. The molecule has 0 saturated carbocycles. The molecule has 0 aromatic heterocycles. The maximum Gasteiger partial charge on any atom is 0.407 e. The van der Waals surface area contributed by atoms with Gasteiger partial charge in [0, 0.05) is 6.04 Å². The van der Waals surface area contributed by atoms with Crippen LogP contribution in [0.1, 0.15) is 12.5 Å². The molecular formula is C12H15NO4. The highest BCUT2D eigenvalue weighted by Gasteiger charge is 2.14. The lowest BCUT2D eigenvalue weighted by atomic mass is 10.1. The minimum Gasteiger partial charge on any atom is -0.454 e. The number of methoxy groups -OCH3 is 1. The summed E-state index contributed by atoms with van der Waals surface area (Å²) in [6.45, 7) is 2.19. The van der Waals surface area contributed by atoms with Gasteiger partial charge >= 0.3 is 6.09 Å². The molecule has 17 heavy (non-hydrogen) atoms. The fourth-order valence-electron chi connectivity index (χ4n) is 1.73. The summed E-state index contributed by atoms with van der Waals surface area (Å²) in [4.78, 5) is 11.0. The third kappa shape index (κ3) is 2.81. The Morgan fingerprint density at radius 2 is 2.24 bits per heavy atom. The molecule has 2 rings (SSSR count). The van der Waals surface area contributed by atoms with Crippen LogP contribution < -0.4 is 14.8 Å². The smallest absolute Gasteiger partial charge is 0.407 e. The van der Waals surface area contributed by atoms with Crippen LogP contribution in [0.5, 0.6) is 11.5 Å². The number of benzene rings is 1. The summed E-state index contributed by atoms with van der Waals surface area (Å²) in [6, 6.07) is 5.77. The number of carbonyl (C=O) groups is 1. The van der Waals surface area contributed by atoms with Gasteiger partial charge in [0.2, 0.25) is 6.79 Å². The van der Waals surface area contributed by atoms with E-state index in [1.807, 2.05) is 25.1 Å². The van der Waals surface area contributed by atoms with E-state index in [9.17, 15) is 4.79 Å². The fraction of sp³-hybridized carbons (Fsp3) is 0.417. The zero-order valence-corrected chi connectivity index (χ0v) is 9.86. The van der Waals surface area contributed by atoms with Gasteiger partial charge in [-0.25, -0.2) is 4.79 Å². The first-order chi connectivity index (χ1) is 8.19. The second-order valence-corrected chi connectivity index (χ2v) is 3.93. The van der Waals surface area contributed by atoms with Gasteiger partial charge in [-0.3, -0.25) is 0 Å². The summed E-state index contributed by atoms with van der Waals surface area (Å²) in [6.07, 6.45) is 0.296. The summed E-state index contributed by atoms with van der Waals surface area (Å²) < 4.78 is 15.1. The average molecular weight is 237 g/mol. The Morgan fingerprint density at radius 1 is 1.47 bits per heavy atom. The van der Waals surface area contributed by atoms with Crippen molar-refractivity contribution in [2.45, 2.75) is 19.4 Å². The Morgan fingerprint density at radius 3 is 3.00 bits per heavy atom. The summed E-state index contributed by atoms with van der Waals surface area (Å²) >= 11 is 0. The van der Waals surface area contributed by atoms with Crippen molar-refractivity contribution < 1.29 is 19.0 Å². The molecule has 1 aliphatic rings. The monoisotopic (exact) mass is 237 g/mol. The SMILES string of the molecule is COC(=O)NC(C)Cc1ccc2c(c1)OCO2. The first-order valence-electron chi connectivity index (χ1n) is 5.42. The fourth-order valence-corrected chi connectivity index (χ4v) is 1.73. The van der Waals surface area contributed by atoms with Crippen molar-refractivity contribution in [1.29, 1.82) is 0 Å². The average Bonchev–Trinajstić information content (AvgIpc) is 2.75. The normalized spacial score (nSPS) is 14.2. The van der Waals surface area contributed by atoms with E-state index in [0.29, 0.717) is 6.42 Å². The van der Waals surface area contributed by atoms with Crippen LogP contribution in [0.25, 0.3) is 0 Å². The van der Waals surface area contributed by atoms with Gasteiger partial charge in [-0.15, -0.1) is 0 Å². The van der Waals surface area contributed by atoms with E-state index in [0.717, 1.165) is 17.1 Å². The van der Waals surface area contributed by atoms with Crippen molar-refractivity contribution in [2.24, 2.45) is 0 Å². The van der Waals surface area contributed by atoms with Gasteiger partial charge in [0.05, 0.1) is 7.11 Å². The summed E-state index contributed by atoms with van der Waals surface area (Å²) in [5, 5.41) is 2.71. The van der Waals surface area contributed by atoms with Gasteiger partial charge in [0.15, 0.2) is 11.5 Å². The van der Waals surface area contributed by atoms with Crippen molar-refractivity contribution >= 4 is 6.09 Å². The van der Waals surface area contributed by atoms with Crippen LogP contribution in [0.4, 0.5) is 4.79 Å². The van der Waals surface area contributed by atoms with E-state index in [1.54, 1.807) is 0 Å². The first-order valence-corrected chi connectivity index (χ1v) is 5.42. The van der Waals surface area contributed by atoms with Gasteiger partial charge in [-0.05, 0) is 31.0 Å². The lowest BCUT2D eigenvalue weighted by Crippen LogP contribution is -2.33. The molecule has 1 N–H and O–H groups in total. The topological polar surface area (TPSA) is 56.8 Å². The van der Waals surface area contributed by atoms with Crippen molar-refractivity contribution in [2.75, 3.05) is 13.9 Å². The van der Waals surface area contributed by atoms with E-state index in [4.69, 9.17) is 9.47 Å². The van der Waals surface area contributed by atoms with Crippen LogP contribution >= 0.6 is 0 Å². The lowest BCUT2D eigenvalue weighted by molar-refractivity contribution is 0.167. The van der Waals surface area contributed by atoms with Crippen LogP contribution in [-0.2, 0) is 11.2 Å². The van der Waals surface area contributed by atoms with Crippen molar-refractivity contribution in [3.63, 3.8) is 0 Å². The van der Waals surface area contributed by atoms with Crippen LogP contribution in [0, 0.1) is 0 Å². The van der Waals surface area contributed by atoms with Crippen molar-refractivity contribution in [3.05, 3.63) is 23.8 Å². The highest BCUT2D eigenvalue weighted by atomic mass is 16.7. The third-order valence-electron chi connectivity index (χ3n) is 2.53. The van der Waals surface area contributed by atoms with E-state index < -0.39 is 6.09 Å². The predicted octanol–water partition coefficient (Wildman–Crippen LogP) is 1.70. The molecule has 0 saturated heterocycles. The molecule has 5 heteroatoms. The molecule has 1 heterocycles. The number of carbonyl (C=O) groups excluding carboxylic acids is 1. The van der Waals surface area contributed by atoms with Gasteiger partial charge in [-0.2, -0.15) is 0 Å². The van der Waals surface area contributed by atoms with Crippen LogP contribution in [-0.4, -0.2) is 26.0 Å². The molecule has 0 fully saturated rings. The van der Waals surface area contributed by atoms with Gasteiger partial charge in [-0.1, -0.05) is 6.07 Å². The maximum atomic E-state index is 11.0. The van der Waals surface area contributed by atoms with Crippen LogP contribution in [0.2, 0.25) is 0 Å². The number of alkyl carbamates (subject to hydrolysis) is 1. The number of hydrogen-bond acceptors (Lipinski definition) is 4. The quantitative estimate of drug-likeness (QED) is 0.869. The predicted molar refractivity (Wildman–Crippen MR) is 61.3 cm³/mol. The number of amides is 1. The molecule has 92 valence electrons. The first kappa shape index (κ1) is 11.6. The molecule has 0 aliphatic carbocycles. The van der Waals surface area contributed by atoms with Crippen molar-refractivity contribution in [3.8, 4) is 11.5 Å². The number of fused-ring (bicyclic) bond motifs is 1. The number of nitrogens with one attached hydrogen (secondary N) is 1. The van der Waals surface area contributed by atoms with E-state index in [1.165, 1.54) is 7.11 Å². The number of hydrogen-bond donors (Lipinski definition) is 1. The molecule has 0 radical (unpaired) electrons. The third-order valence-corrected chi connectivity index (χ3v) is 2.53. The molecule has 0 bridgehead atoms. The van der Waals surface area contributed by atoms with Gasteiger partial charge < -0.3 is 19.5 Å². The zero-order valence-electron chi connectivity index (χ0n) is 9.86. The molecule has 1 aromatic carbocycles. The molecule has 1 aromatic rings. The zero-order chi connectivity index (χ0) is 12.3. The minimum atomic E-state index is -0.418. The molecule has 5 nitrogen and oxygen atoms in total. The molecule has 1 atom stereocenters.